The van der Waals surface area contributed by atoms with Gasteiger partial charge in [0.2, 0.25) is 5.91 Å². The molecule has 7 nitrogen and oxygen atoms in total. The number of carbonyl (C=O) groups excluding carboxylic acids is 2. The summed E-state index contributed by atoms with van der Waals surface area (Å²) in [5, 5.41) is 0.818. The first-order valence-electron chi connectivity index (χ1n) is 10.0. The van der Waals surface area contributed by atoms with Gasteiger partial charge >= 0.3 is 5.97 Å². The van der Waals surface area contributed by atoms with E-state index in [1.807, 2.05) is 36.4 Å². The summed E-state index contributed by atoms with van der Waals surface area (Å²) >= 11 is 1.42. The highest BCUT2D eigenvalue weighted by Gasteiger charge is 2.18. The van der Waals surface area contributed by atoms with E-state index in [2.05, 4.69) is 21.5 Å². The average Bonchev–Trinajstić information content (AvgIpc) is 3.13. The molecule has 2 heterocycles. The Balaban J connectivity index is 1.70. The third-order valence-corrected chi connectivity index (χ3v) is 5.56. The van der Waals surface area contributed by atoms with Crippen molar-refractivity contribution in [2.45, 2.75) is 38.5 Å². The lowest BCUT2D eigenvalue weighted by Crippen LogP contribution is -2.34. The minimum atomic E-state index is -0.304. The van der Waals surface area contributed by atoms with E-state index in [0.717, 1.165) is 28.3 Å². The molecule has 0 atom stereocenters. The van der Waals surface area contributed by atoms with Crippen LogP contribution in [0.1, 0.15) is 25.8 Å². The summed E-state index contributed by atoms with van der Waals surface area (Å²) in [6.45, 7) is 5.65. The summed E-state index contributed by atoms with van der Waals surface area (Å²) in [5.41, 5.74) is 2.90. The van der Waals surface area contributed by atoms with E-state index in [0.29, 0.717) is 19.7 Å². The molecule has 3 rings (SSSR count). The fourth-order valence-corrected chi connectivity index (χ4v) is 4.13. The van der Waals surface area contributed by atoms with Crippen LogP contribution in [0.5, 0.6) is 0 Å². The molecule has 0 radical (unpaired) electrons. The number of benzene rings is 1. The third kappa shape index (κ3) is 5.60. The number of hydrogen-bond donors (Lipinski definition) is 0. The van der Waals surface area contributed by atoms with Crippen LogP contribution in [0.2, 0.25) is 0 Å². The summed E-state index contributed by atoms with van der Waals surface area (Å²) < 4.78 is 7.12. The number of rotatable bonds is 10. The number of nitrogens with zero attached hydrogens (tertiary/aromatic N) is 4. The maximum atomic E-state index is 13.0. The molecule has 3 aromatic rings. The second-order valence-electron chi connectivity index (χ2n) is 6.65. The molecular formula is C22H26N4O3S. The Morgan fingerprint density at radius 1 is 1.17 bits per heavy atom. The van der Waals surface area contributed by atoms with E-state index in [1.54, 1.807) is 24.2 Å². The number of aryl methyl sites for hydroxylation is 1. The fraction of sp³-hybridized carbons (Fsp3) is 0.364. The summed E-state index contributed by atoms with van der Waals surface area (Å²) in [4.78, 5) is 35.3. The number of aromatic nitrogens is 3. The Hall–Kier alpha value is -2.87. The molecule has 0 fully saturated rings. The van der Waals surface area contributed by atoms with Gasteiger partial charge in [0, 0.05) is 32.0 Å². The van der Waals surface area contributed by atoms with Crippen LogP contribution < -0.4 is 0 Å². The molecule has 0 saturated carbocycles. The summed E-state index contributed by atoms with van der Waals surface area (Å²) in [6, 6.07) is 11.7. The molecule has 1 amide bonds. The van der Waals surface area contributed by atoms with Crippen LogP contribution in [-0.4, -0.2) is 50.2 Å². The Labute approximate surface area is 180 Å². The molecule has 0 aliphatic carbocycles. The maximum Gasteiger partial charge on any atom is 0.307 e. The molecule has 2 aromatic heterocycles. The van der Waals surface area contributed by atoms with Crippen LogP contribution in [0.3, 0.4) is 0 Å². The second kappa shape index (κ2) is 10.8. The quantitative estimate of drug-likeness (QED) is 0.365. The van der Waals surface area contributed by atoms with Crippen molar-refractivity contribution in [3.8, 4) is 0 Å². The second-order valence-corrected chi connectivity index (χ2v) is 7.59. The van der Waals surface area contributed by atoms with Crippen LogP contribution in [0, 0.1) is 0 Å². The number of pyridine rings is 1. The van der Waals surface area contributed by atoms with Gasteiger partial charge in [-0.05, 0) is 37.6 Å². The van der Waals surface area contributed by atoms with Crippen LogP contribution in [0.15, 0.2) is 53.9 Å². The van der Waals surface area contributed by atoms with Gasteiger partial charge in [0.25, 0.3) is 0 Å². The van der Waals surface area contributed by atoms with Gasteiger partial charge in [0.1, 0.15) is 0 Å². The number of para-hydroxylation sites is 2. The smallest absolute Gasteiger partial charge is 0.307 e. The number of fused-ring (bicyclic) bond motifs is 1. The van der Waals surface area contributed by atoms with Gasteiger partial charge in [-0.25, -0.2) is 4.98 Å². The number of amides is 1. The molecule has 0 aliphatic rings. The largest absolute Gasteiger partial charge is 0.466 e. The highest BCUT2D eigenvalue weighted by molar-refractivity contribution is 7.99. The maximum absolute atomic E-state index is 13.0. The van der Waals surface area contributed by atoms with Gasteiger partial charge in [-0.3, -0.25) is 14.6 Å². The molecule has 158 valence electrons. The van der Waals surface area contributed by atoms with Crippen molar-refractivity contribution in [1.82, 2.24) is 19.4 Å². The number of hydrogen-bond acceptors (Lipinski definition) is 6. The van der Waals surface area contributed by atoms with Gasteiger partial charge in [0.15, 0.2) is 5.16 Å². The molecular weight excluding hydrogens is 400 g/mol. The normalized spacial score (nSPS) is 10.9. The topological polar surface area (TPSA) is 77.3 Å². The highest BCUT2D eigenvalue weighted by Crippen LogP contribution is 2.24. The number of carbonyl (C=O) groups is 2. The van der Waals surface area contributed by atoms with Gasteiger partial charge < -0.3 is 14.2 Å². The SMILES string of the molecule is CCOC(=O)CCN(Cc1cccnc1)C(=O)CSc1nc2ccccc2n1CC. The zero-order valence-corrected chi connectivity index (χ0v) is 18.1. The predicted molar refractivity (Wildman–Crippen MR) is 117 cm³/mol. The first-order chi connectivity index (χ1) is 14.6. The van der Waals surface area contributed by atoms with Gasteiger partial charge in [0.05, 0.1) is 29.8 Å². The Morgan fingerprint density at radius 3 is 2.73 bits per heavy atom. The summed E-state index contributed by atoms with van der Waals surface area (Å²) in [6.07, 6.45) is 3.59. The van der Waals surface area contributed by atoms with Crippen molar-refractivity contribution in [2.24, 2.45) is 0 Å². The lowest BCUT2D eigenvalue weighted by molar-refractivity contribution is -0.144. The van der Waals surface area contributed by atoms with E-state index < -0.39 is 0 Å². The first-order valence-corrected chi connectivity index (χ1v) is 11.0. The third-order valence-electron chi connectivity index (χ3n) is 4.60. The van der Waals surface area contributed by atoms with Crippen molar-refractivity contribution < 1.29 is 14.3 Å². The van der Waals surface area contributed by atoms with Crippen molar-refractivity contribution in [3.63, 3.8) is 0 Å². The fourth-order valence-electron chi connectivity index (χ4n) is 3.15. The minimum absolute atomic E-state index is 0.0529. The van der Waals surface area contributed by atoms with Crippen LogP contribution in [0.4, 0.5) is 0 Å². The minimum Gasteiger partial charge on any atom is -0.466 e. The molecule has 0 unspecified atom stereocenters. The lowest BCUT2D eigenvalue weighted by Gasteiger charge is -2.22. The first kappa shape index (κ1) is 21.8. The van der Waals surface area contributed by atoms with E-state index in [-0.39, 0.29) is 24.1 Å². The zero-order valence-electron chi connectivity index (χ0n) is 17.3. The highest BCUT2D eigenvalue weighted by atomic mass is 32.2. The monoisotopic (exact) mass is 426 g/mol. The zero-order chi connectivity index (χ0) is 21.3. The predicted octanol–water partition coefficient (Wildman–Crippen LogP) is 3.53. The average molecular weight is 427 g/mol. The Morgan fingerprint density at radius 2 is 2.00 bits per heavy atom. The van der Waals surface area contributed by atoms with Crippen LogP contribution in [0.25, 0.3) is 11.0 Å². The van der Waals surface area contributed by atoms with Gasteiger partial charge in [-0.1, -0.05) is 30.0 Å². The van der Waals surface area contributed by atoms with E-state index in [4.69, 9.17) is 4.74 Å². The lowest BCUT2D eigenvalue weighted by atomic mass is 10.2. The molecule has 0 saturated heterocycles. The number of thioether (sulfide) groups is 1. The summed E-state index contributed by atoms with van der Waals surface area (Å²) in [5.74, 6) is -0.114. The molecule has 30 heavy (non-hydrogen) atoms. The molecule has 0 bridgehead atoms. The Kier molecular flexibility index (Phi) is 7.84. The number of ether oxygens (including phenoxy) is 1. The molecule has 0 aliphatic heterocycles. The standard InChI is InChI=1S/C22H26N4O3S/c1-3-26-19-10-6-5-9-18(19)24-22(26)30-16-20(27)25(13-11-21(28)29-4-2)15-17-8-7-12-23-14-17/h5-10,12,14H,3-4,11,13,15-16H2,1-2H3. The molecule has 0 N–H and O–H groups in total. The van der Waals surface area contributed by atoms with E-state index in [9.17, 15) is 9.59 Å². The van der Waals surface area contributed by atoms with E-state index >= 15 is 0 Å². The van der Waals surface area contributed by atoms with Gasteiger partial charge in [-0.2, -0.15) is 0 Å². The van der Waals surface area contributed by atoms with Crippen LogP contribution >= 0.6 is 11.8 Å². The van der Waals surface area contributed by atoms with Crippen molar-refractivity contribution >= 4 is 34.7 Å². The van der Waals surface area contributed by atoms with Crippen LogP contribution in [-0.2, 0) is 27.4 Å². The Bertz CT molecular complexity index is 990. The van der Waals surface area contributed by atoms with E-state index in [1.165, 1.54) is 11.8 Å². The summed E-state index contributed by atoms with van der Waals surface area (Å²) in [7, 11) is 0. The number of esters is 1. The molecule has 0 spiro atoms. The van der Waals surface area contributed by atoms with Gasteiger partial charge in [-0.15, -0.1) is 0 Å². The van der Waals surface area contributed by atoms with Crippen molar-refractivity contribution in [3.05, 3.63) is 54.4 Å². The van der Waals surface area contributed by atoms with Crippen molar-refractivity contribution in [2.75, 3.05) is 18.9 Å². The molecule has 8 heteroatoms. The van der Waals surface area contributed by atoms with Crippen molar-refractivity contribution in [1.29, 1.82) is 0 Å². The number of imidazole rings is 1. The molecule has 1 aromatic carbocycles.